The Labute approximate surface area is 146 Å². The van der Waals surface area contributed by atoms with Crippen LogP contribution in [0.5, 0.6) is 0 Å². The third-order valence-electron chi connectivity index (χ3n) is 4.07. The molecule has 0 aliphatic carbocycles. The van der Waals surface area contributed by atoms with Gasteiger partial charge in [-0.25, -0.2) is 13.1 Å². The average molecular weight is 371 g/mol. The van der Waals surface area contributed by atoms with Crippen molar-refractivity contribution in [2.45, 2.75) is 23.1 Å². The molecule has 1 aliphatic heterocycles. The standard InChI is InChI=1S/C16H19ClN2O2S2/c17-14-7-2-1-6-13(14)15(19-9-3-4-10-19)12-18-23(20,21)16-8-5-11-22-16/h1-2,5-8,11,15,18H,3-4,9-10,12H2/t15-/m0/s1. The summed E-state index contributed by atoms with van der Waals surface area (Å²) in [5.74, 6) is 0. The van der Waals surface area contributed by atoms with Crippen molar-refractivity contribution in [3.63, 3.8) is 0 Å². The van der Waals surface area contributed by atoms with Gasteiger partial charge in [0.15, 0.2) is 0 Å². The van der Waals surface area contributed by atoms with Crippen LogP contribution in [0.4, 0.5) is 0 Å². The first-order chi connectivity index (χ1) is 11.1. The van der Waals surface area contributed by atoms with Crippen LogP contribution in [0.15, 0.2) is 46.0 Å². The number of sulfonamides is 1. The molecule has 0 radical (unpaired) electrons. The largest absolute Gasteiger partial charge is 0.295 e. The van der Waals surface area contributed by atoms with Crippen LogP contribution in [-0.2, 0) is 10.0 Å². The second kappa shape index (κ2) is 7.32. The van der Waals surface area contributed by atoms with E-state index in [4.69, 9.17) is 11.6 Å². The molecule has 1 atom stereocenters. The fourth-order valence-electron chi connectivity index (χ4n) is 2.91. The molecule has 0 unspecified atom stereocenters. The first-order valence-electron chi connectivity index (χ1n) is 7.59. The van der Waals surface area contributed by atoms with Gasteiger partial charge in [-0.2, -0.15) is 0 Å². The Morgan fingerprint density at radius 3 is 2.57 bits per heavy atom. The van der Waals surface area contributed by atoms with Gasteiger partial charge in [-0.1, -0.05) is 35.9 Å². The Balaban J connectivity index is 1.81. The first kappa shape index (κ1) is 16.9. The summed E-state index contributed by atoms with van der Waals surface area (Å²) in [5.41, 5.74) is 0.977. The molecule has 1 saturated heterocycles. The van der Waals surface area contributed by atoms with E-state index in [-0.39, 0.29) is 6.04 Å². The topological polar surface area (TPSA) is 49.4 Å². The van der Waals surface area contributed by atoms with Gasteiger partial charge in [-0.15, -0.1) is 11.3 Å². The zero-order chi connectivity index (χ0) is 16.3. The third kappa shape index (κ3) is 3.95. The van der Waals surface area contributed by atoms with Crippen molar-refractivity contribution in [2.24, 2.45) is 0 Å². The molecule has 4 nitrogen and oxygen atoms in total. The van der Waals surface area contributed by atoms with Gasteiger partial charge in [0.25, 0.3) is 0 Å². The molecule has 0 amide bonds. The van der Waals surface area contributed by atoms with Crippen molar-refractivity contribution < 1.29 is 8.42 Å². The van der Waals surface area contributed by atoms with Gasteiger partial charge >= 0.3 is 0 Å². The van der Waals surface area contributed by atoms with E-state index >= 15 is 0 Å². The molecule has 23 heavy (non-hydrogen) atoms. The lowest BCUT2D eigenvalue weighted by molar-refractivity contribution is 0.246. The van der Waals surface area contributed by atoms with Gasteiger partial charge in [0.1, 0.15) is 4.21 Å². The lowest BCUT2D eigenvalue weighted by atomic mass is 10.1. The molecule has 3 rings (SSSR count). The molecule has 0 saturated carbocycles. The summed E-state index contributed by atoms with van der Waals surface area (Å²) in [6.07, 6.45) is 2.28. The van der Waals surface area contributed by atoms with Crippen molar-refractivity contribution in [2.75, 3.05) is 19.6 Å². The predicted octanol–water partition coefficient (Wildman–Crippen LogP) is 3.52. The highest BCUT2D eigenvalue weighted by atomic mass is 35.5. The molecule has 0 spiro atoms. The molecule has 1 aromatic carbocycles. The number of benzene rings is 1. The van der Waals surface area contributed by atoms with Crippen LogP contribution in [-0.4, -0.2) is 33.0 Å². The third-order valence-corrected chi connectivity index (χ3v) is 7.24. The van der Waals surface area contributed by atoms with Crippen LogP contribution in [0, 0.1) is 0 Å². The lowest BCUT2D eigenvalue weighted by Gasteiger charge is -2.28. The quantitative estimate of drug-likeness (QED) is 0.846. The normalized spacial score (nSPS) is 17.4. The van der Waals surface area contributed by atoms with E-state index in [1.54, 1.807) is 17.5 Å². The fraction of sp³-hybridized carbons (Fsp3) is 0.375. The second-order valence-electron chi connectivity index (χ2n) is 5.56. The molecular formula is C16H19ClN2O2S2. The molecule has 2 aromatic rings. The number of nitrogens with zero attached hydrogens (tertiary/aromatic N) is 1. The number of thiophene rings is 1. The maximum Gasteiger partial charge on any atom is 0.250 e. The Morgan fingerprint density at radius 1 is 1.17 bits per heavy atom. The molecular weight excluding hydrogens is 352 g/mol. The summed E-state index contributed by atoms with van der Waals surface area (Å²) in [7, 11) is -3.46. The minimum Gasteiger partial charge on any atom is -0.295 e. The Hall–Kier alpha value is -0.920. The number of halogens is 1. The van der Waals surface area contributed by atoms with Crippen LogP contribution in [0.3, 0.4) is 0 Å². The van der Waals surface area contributed by atoms with E-state index in [9.17, 15) is 8.42 Å². The molecule has 0 bridgehead atoms. The van der Waals surface area contributed by atoms with E-state index in [2.05, 4.69) is 9.62 Å². The van der Waals surface area contributed by atoms with Crippen molar-refractivity contribution in [3.05, 3.63) is 52.4 Å². The van der Waals surface area contributed by atoms with Gasteiger partial charge in [-0.3, -0.25) is 4.90 Å². The average Bonchev–Trinajstić information content (AvgIpc) is 3.23. The maximum absolute atomic E-state index is 12.4. The van der Waals surface area contributed by atoms with Crippen molar-refractivity contribution in [3.8, 4) is 0 Å². The Kier molecular flexibility index (Phi) is 5.38. The highest BCUT2D eigenvalue weighted by Gasteiger charge is 2.27. The summed E-state index contributed by atoms with van der Waals surface area (Å²) in [6, 6.07) is 11.0. The van der Waals surface area contributed by atoms with Gasteiger partial charge in [0.2, 0.25) is 10.0 Å². The Bertz CT molecular complexity index is 741. The highest BCUT2D eigenvalue weighted by molar-refractivity contribution is 7.91. The first-order valence-corrected chi connectivity index (χ1v) is 10.3. The van der Waals surface area contributed by atoms with Gasteiger partial charge in [0, 0.05) is 17.6 Å². The predicted molar refractivity (Wildman–Crippen MR) is 94.5 cm³/mol. The van der Waals surface area contributed by atoms with E-state index < -0.39 is 10.0 Å². The molecule has 1 N–H and O–H groups in total. The van der Waals surface area contributed by atoms with Crippen LogP contribution in [0.1, 0.15) is 24.4 Å². The Morgan fingerprint density at radius 2 is 1.91 bits per heavy atom. The number of hydrogen-bond acceptors (Lipinski definition) is 4. The molecule has 1 aliphatic rings. The molecule has 2 heterocycles. The molecule has 1 fully saturated rings. The summed E-state index contributed by atoms with van der Waals surface area (Å²) in [6.45, 7) is 2.26. The fourth-order valence-corrected chi connectivity index (χ4v) is 5.25. The van der Waals surface area contributed by atoms with Crippen LogP contribution in [0.25, 0.3) is 0 Å². The van der Waals surface area contributed by atoms with Gasteiger partial charge < -0.3 is 0 Å². The number of nitrogens with one attached hydrogen (secondary N) is 1. The van der Waals surface area contributed by atoms with Crippen LogP contribution >= 0.6 is 22.9 Å². The minimum atomic E-state index is -3.46. The zero-order valence-electron chi connectivity index (χ0n) is 12.6. The summed E-state index contributed by atoms with van der Waals surface area (Å²) in [4.78, 5) is 2.30. The number of hydrogen-bond donors (Lipinski definition) is 1. The van der Waals surface area contributed by atoms with Crippen LogP contribution in [0.2, 0.25) is 5.02 Å². The summed E-state index contributed by atoms with van der Waals surface area (Å²) in [5, 5.41) is 2.44. The molecule has 7 heteroatoms. The van der Waals surface area contributed by atoms with Crippen LogP contribution < -0.4 is 4.72 Å². The van der Waals surface area contributed by atoms with Crippen molar-refractivity contribution >= 4 is 33.0 Å². The van der Waals surface area contributed by atoms with E-state index in [0.717, 1.165) is 31.5 Å². The van der Waals surface area contributed by atoms with Gasteiger partial charge in [-0.05, 0) is 49.0 Å². The zero-order valence-corrected chi connectivity index (χ0v) is 15.0. The summed E-state index contributed by atoms with van der Waals surface area (Å²) >= 11 is 7.57. The summed E-state index contributed by atoms with van der Waals surface area (Å²) < 4.78 is 27.8. The lowest BCUT2D eigenvalue weighted by Crippen LogP contribution is -2.36. The number of likely N-dealkylation sites (tertiary alicyclic amines) is 1. The van der Waals surface area contributed by atoms with E-state index in [1.807, 2.05) is 24.3 Å². The number of rotatable bonds is 6. The van der Waals surface area contributed by atoms with E-state index in [0.29, 0.717) is 15.8 Å². The molecule has 124 valence electrons. The van der Waals surface area contributed by atoms with Gasteiger partial charge in [0.05, 0.1) is 0 Å². The van der Waals surface area contributed by atoms with Crippen molar-refractivity contribution in [1.82, 2.24) is 9.62 Å². The highest BCUT2D eigenvalue weighted by Crippen LogP contribution is 2.30. The maximum atomic E-state index is 12.4. The second-order valence-corrected chi connectivity index (χ2v) is 8.91. The van der Waals surface area contributed by atoms with E-state index in [1.165, 1.54) is 11.3 Å². The smallest absolute Gasteiger partial charge is 0.250 e. The molecule has 1 aromatic heterocycles. The monoisotopic (exact) mass is 370 g/mol. The SMILES string of the molecule is O=S(=O)(NC[C@@H](c1ccccc1Cl)N1CCCC1)c1cccs1. The minimum absolute atomic E-state index is 0.0408. The van der Waals surface area contributed by atoms with Crippen molar-refractivity contribution in [1.29, 1.82) is 0 Å².